The van der Waals surface area contributed by atoms with Gasteiger partial charge in [-0.1, -0.05) is 71.2 Å². The first kappa shape index (κ1) is 33.9. The minimum Gasteiger partial charge on any atom is -0.481 e. The molecular formula is C34H34Cl3N7O4. The monoisotopic (exact) mass is 709 g/mol. The second kappa shape index (κ2) is 14.7. The van der Waals surface area contributed by atoms with Crippen LogP contribution in [0.5, 0.6) is 5.88 Å². The first-order valence-electron chi connectivity index (χ1n) is 15.4. The van der Waals surface area contributed by atoms with Crippen LogP contribution in [-0.2, 0) is 24.9 Å². The quantitative estimate of drug-likeness (QED) is 0.135. The number of rotatable bonds is 12. The lowest BCUT2D eigenvalue weighted by molar-refractivity contribution is -0.119. The van der Waals surface area contributed by atoms with Gasteiger partial charge in [-0.2, -0.15) is 5.10 Å². The normalized spacial score (nSPS) is 14.5. The highest BCUT2D eigenvalue weighted by molar-refractivity contribution is 6.39. The van der Waals surface area contributed by atoms with E-state index in [1.807, 2.05) is 36.4 Å². The third-order valence-corrected chi connectivity index (χ3v) is 9.54. The average molecular weight is 711 g/mol. The van der Waals surface area contributed by atoms with E-state index >= 15 is 0 Å². The van der Waals surface area contributed by atoms with Crippen LogP contribution in [0.4, 0.5) is 0 Å². The van der Waals surface area contributed by atoms with Gasteiger partial charge in [0.25, 0.3) is 5.56 Å². The number of amides is 1. The summed E-state index contributed by atoms with van der Waals surface area (Å²) in [5.41, 5.74) is 4.90. The van der Waals surface area contributed by atoms with E-state index in [1.165, 1.54) is 11.7 Å². The van der Waals surface area contributed by atoms with Crippen molar-refractivity contribution in [2.45, 2.75) is 32.0 Å². The van der Waals surface area contributed by atoms with Gasteiger partial charge in [0.05, 0.1) is 41.0 Å². The van der Waals surface area contributed by atoms with Gasteiger partial charge in [-0.25, -0.2) is 9.50 Å². The van der Waals surface area contributed by atoms with Crippen molar-refractivity contribution >= 4 is 46.2 Å². The predicted molar refractivity (Wildman–Crippen MR) is 188 cm³/mol. The van der Waals surface area contributed by atoms with Gasteiger partial charge in [-0.05, 0) is 18.6 Å². The molecule has 250 valence electrons. The molecular weight excluding hydrogens is 677 g/mol. The lowest BCUT2D eigenvalue weighted by atomic mass is 9.97. The van der Waals surface area contributed by atoms with Crippen LogP contribution < -0.4 is 26.2 Å². The molecule has 0 aliphatic carbocycles. The van der Waals surface area contributed by atoms with Crippen molar-refractivity contribution in [2.75, 3.05) is 26.8 Å². The number of halogens is 3. The highest BCUT2D eigenvalue weighted by atomic mass is 35.5. The number of fused-ring (bicyclic) bond motifs is 1. The summed E-state index contributed by atoms with van der Waals surface area (Å²) in [5, 5.41) is 24.4. The van der Waals surface area contributed by atoms with Gasteiger partial charge in [0.1, 0.15) is 11.3 Å². The largest absolute Gasteiger partial charge is 0.481 e. The summed E-state index contributed by atoms with van der Waals surface area (Å²) in [4.78, 5) is 29.4. The fourth-order valence-corrected chi connectivity index (χ4v) is 6.76. The molecule has 11 nitrogen and oxygen atoms in total. The molecule has 1 fully saturated rings. The van der Waals surface area contributed by atoms with Crippen LogP contribution in [0.2, 0.25) is 15.1 Å². The molecule has 1 aliphatic rings. The van der Waals surface area contributed by atoms with E-state index in [1.54, 1.807) is 29.9 Å². The zero-order chi connectivity index (χ0) is 33.9. The van der Waals surface area contributed by atoms with Crippen LogP contribution in [0.1, 0.15) is 24.2 Å². The Morgan fingerprint density at radius 1 is 1.00 bits per heavy atom. The highest BCUT2D eigenvalue weighted by Gasteiger charge is 2.22. The molecule has 4 heterocycles. The Kier molecular flexibility index (Phi) is 10.4. The predicted octanol–water partition coefficient (Wildman–Crippen LogP) is 4.85. The molecule has 0 bridgehead atoms. The Morgan fingerprint density at radius 3 is 2.40 bits per heavy atom. The molecule has 14 heteroatoms. The third-order valence-electron chi connectivity index (χ3n) is 8.38. The molecule has 1 saturated heterocycles. The summed E-state index contributed by atoms with van der Waals surface area (Å²) in [6.07, 6.45) is 3.10. The standard InChI is InChI=1S/C34H34Cl3N7O4/c1-43-29(17-38-11-12-45)42-44-18-19(13-28(44)34(43)47)21-5-3-6-22(31(21)36)23-7-4-8-24(32(23)37)27-14-26(35)25(33(41-27)48-2)16-39-15-20-9-10-30(46)40-20/h3-8,13-14,18,20,38-39,45H,9-12,15-17H2,1-2H3,(H,40,46)/t20-/m0/s1. The molecule has 0 unspecified atom stereocenters. The molecule has 0 spiro atoms. The molecule has 4 N–H and O–H groups in total. The van der Waals surface area contributed by atoms with Gasteiger partial charge in [-0.3, -0.25) is 14.2 Å². The smallest absolute Gasteiger partial charge is 0.277 e. The minimum absolute atomic E-state index is 0.0157. The van der Waals surface area contributed by atoms with Gasteiger partial charge in [0.2, 0.25) is 11.8 Å². The zero-order valence-electron chi connectivity index (χ0n) is 26.3. The van der Waals surface area contributed by atoms with Crippen molar-refractivity contribution in [3.05, 3.63) is 91.5 Å². The van der Waals surface area contributed by atoms with E-state index in [-0.39, 0.29) is 24.1 Å². The molecule has 0 saturated carbocycles. The Labute approximate surface area is 291 Å². The number of carbonyl (C=O) groups excluding carboxylic acids is 1. The summed E-state index contributed by atoms with van der Waals surface area (Å²) >= 11 is 20.9. The van der Waals surface area contributed by atoms with Gasteiger partial charge in [0.15, 0.2) is 0 Å². The van der Waals surface area contributed by atoms with E-state index in [0.29, 0.717) is 98.4 Å². The van der Waals surface area contributed by atoms with Gasteiger partial charge < -0.3 is 25.8 Å². The van der Waals surface area contributed by atoms with Crippen LogP contribution in [-0.4, -0.2) is 63.0 Å². The van der Waals surface area contributed by atoms with Crippen LogP contribution in [0.15, 0.2) is 59.5 Å². The lowest BCUT2D eigenvalue weighted by Crippen LogP contribution is -2.35. The van der Waals surface area contributed by atoms with Crippen molar-refractivity contribution in [1.29, 1.82) is 0 Å². The number of nitrogens with zero attached hydrogens (tertiary/aromatic N) is 4. The van der Waals surface area contributed by atoms with Crippen molar-refractivity contribution < 1.29 is 14.6 Å². The van der Waals surface area contributed by atoms with Gasteiger partial charge in [-0.15, -0.1) is 0 Å². The Bertz CT molecular complexity index is 2060. The first-order chi connectivity index (χ1) is 23.2. The number of aliphatic hydroxyl groups excluding tert-OH is 1. The molecule has 1 amide bonds. The van der Waals surface area contributed by atoms with Crippen molar-refractivity contribution in [3.63, 3.8) is 0 Å². The van der Waals surface area contributed by atoms with Crippen molar-refractivity contribution in [1.82, 2.24) is 35.1 Å². The summed E-state index contributed by atoms with van der Waals surface area (Å²) in [7, 11) is 3.21. The van der Waals surface area contributed by atoms with Crippen LogP contribution in [0.3, 0.4) is 0 Å². The van der Waals surface area contributed by atoms with E-state index in [2.05, 4.69) is 21.0 Å². The number of benzene rings is 2. The van der Waals surface area contributed by atoms with E-state index in [9.17, 15) is 9.59 Å². The molecule has 48 heavy (non-hydrogen) atoms. The average Bonchev–Trinajstić information content (AvgIpc) is 3.70. The number of pyridine rings is 1. The summed E-state index contributed by atoms with van der Waals surface area (Å²) < 4.78 is 8.67. The van der Waals surface area contributed by atoms with Crippen molar-refractivity contribution in [3.8, 4) is 39.4 Å². The summed E-state index contributed by atoms with van der Waals surface area (Å²) in [5.74, 6) is 0.965. The Balaban J connectivity index is 1.31. The second-order valence-electron chi connectivity index (χ2n) is 11.5. The van der Waals surface area contributed by atoms with E-state index in [4.69, 9.17) is 49.6 Å². The topological polar surface area (TPSA) is 135 Å². The Morgan fingerprint density at radius 2 is 1.71 bits per heavy atom. The summed E-state index contributed by atoms with van der Waals surface area (Å²) in [6, 6.07) is 14.9. The third kappa shape index (κ3) is 6.80. The molecule has 1 aliphatic heterocycles. The highest BCUT2D eigenvalue weighted by Crippen LogP contribution is 2.43. The first-order valence-corrected chi connectivity index (χ1v) is 16.5. The number of ether oxygens (including phenoxy) is 1. The van der Waals surface area contributed by atoms with E-state index < -0.39 is 0 Å². The number of hydrogen-bond donors (Lipinski definition) is 4. The van der Waals surface area contributed by atoms with Crippen LogP contribution in [0.25, 0.3) is 39.0 Å². The molecule has 6 rings (SSSR count). The summed E-state index contributed by atoms with van der Waals surface area (Å²) in [6.45, 7) is 1.72. The molecule has 0 radical (unpaired) electrons. The van der Waals surface area contributed by atoms with Gasteiger partial charge in [0, 0.05) is 78.7 Å². The lowest BCUT2D eigenvalue weighted by Gasteiger charge is -2.16. The van der Waals surface area contributed by atoms with Crippen molar-refractivity contribution in [2.24, 2.45) is 7.05 Å². The number of nitrogens with one attached hydrogen (secondary N) is 3. The maximum absolute atomic E-state index is 13.2. The maximum Gasteiger partial charge on any atom is 0.277 e. The van der Waals surface area contributed by atoms with Crippen LogP contribution in [0, 0.1) is 0 Å². The second-order valence-corrected chi connectivity index (χ2v) is 12.6. The van der Waals surface area contributed by atoms with Crippen LogP contribution >= 0.6 is 34.8 Å². The minimum atomic E-state index is -0.203. The zero-order valence-corrected chi connectivity index (χ0v) is 28.6. The fraction of sp³-hybridized carbons (Fsp3) is 0.294. The SMILES string of the molecule is COc1nc(-c2cccc(-c3cccc(-c4cc5c(=O)n(C)c(CNCCO)nn5c4)c3Cl)c2Cl)cc(Cl)c1CNC[C@@H]1CCC(=O)N1. The maximum atomic E-state index is 13.2. The number of hydrogen-bond acceptors (Lipinski definition) is 8. The molecule has 5 aromatic rings. The fourth-order valence-electron chi connectivity index (χ4n) is 5.84. The number of carbonyl (C=O) groups is 1. The Hall–Kier alpha value is -3.97. The van der Waals surface area contributed by atoms with Gasteiger partial charge >= 0.3 is 0 Å². The molecule has 1 atom stereocenters. The number of methoxy groups -OCH3 is 1. The number of aliphatic hydroxyl groups is 1. The number of aromatic nitrogens is 4. The van der Waals surface area contributed by atoms with E-state index in [0.717, 1.165) is 12.0 Å². The molecule has 2 aromatic carbocycles. The molecule has 3 aromatic heterocycles.